The molecule has 1 aliphatic rings. The van der Waals surface area contributed by atoms with Crippen LogP contribution >= 0.6 is 0 Å². The largest absolute Gasteiger partial charge is 0.366 e. The number of carbonyl (C=O) groups excluding carboxylic acids is 1. The predicted octanol–water partition coefficient (Wildman–Crippen LogP) is 2.86. The highest BCUT2D eigenvalue weighted by molar-refractivity contribution is 5.96. The minimum atomic E-state index is 0.246. The summed E-state index contributed by atoms with van der Waals surface area (Å²) in [5, 5.41) is 3.48. The lowest BCUT2D eigenvalue weighted by Gasteiger charge is -2.39. The number of Topliss-reactive ketones (excluding diaryl/α,β-unsaturated/α-hetero) is 1. The Hall–Kier alpha value is -1.35. The first-order valence-electron chi connectivity index (χ1n) is 7.25. The summed E-state index contributed by atoms with van der Waals surface area (Å²) in [6.45, 7) is 8.50. The summed E-state index contributed by atoms with van der Waals surface area (Å²) in [5.74, 6) is 0.246. The lowest BCUT2D eigenvalue weighted by Crippen LogP contribution is -2.54. The lowest BCUT2D eigenvalue weighted by molar-refractivity contribution is 0.0982. The van der Waals surface area contributed by atoms with Gasteiger partial charge >= 0.3 is 0 Å². The van der Waals surface area contributed by atoms with Crippen LogP contribution in [0.3, 0.4) is 0 Å². The van der Waals surface area contributed by atoms with Crippen LogP contribution in [0.2, 0.25) is 0 Å². The first-order chi connectivity index (χ1) is 9.11. The Balaban J connectivity index is 2.11. The fourth-order valence-electron chi connectivity index (χ4n) is 2.59. The highest BCUT2D eigenvalue weighted by Crippen LogP contribution is 2.21. The number of nitrogens with one attached hydrogen (secondary N) is 1. The fourth-order valence-corrected chi connectivity index (χ4v) is 2.59. The number of rotatable bonds is 4. The Morgan fingerprint density at radius 1 is 1.32 bits per heavy atom. The van der Waals surface area contributed by atoms with E-state index in [0.29, 0.717) is 18.5 Å². The monoisotopic (exact) mass is 260 g/mol. The number of hydrogen-bond donors (Lipinski definition) is 1. The minimum absolute atomic E-state index is 0.246. The van der Waals surface area contributed by atoms with E-state index < -0.39 is 0 Å². The molecule has 0 radical (unpaired) electrons. The third kappa shape index (κ3) is 3.35. The molecule has 1 N–H and O–H groups in total. The van der Waals surface area contributed by atoms with Crippen LogP contribution in [0.15, 0.2) is 24.3 Å². The Kier molecular flexibility index (Phi) is 4.59. The van der Waals surface area contributed by atoms with Crippen molar-refractivity contribution in [3.8, 4) is 0 Å². The van der Waals surface area contributed by atoms with Gasteiger partial charge in [-0.25, -0.2) is 0 Å². The van der Waals surface area contributed by atoms with Crippen molar-refractivity contribution in [2.24, 2.45) is 0 Å². The summed E-state index contributed by atoms with van der Waals surface area (Å²) in [5.41, 5.74) is 2.05. The van der Waals surface area contributed by atoms with Crippen molar-refractivity contribution in [2.45, 2.75) is 45.7 Å². The molecule has 19 heavy (non-hydrogen) atoms. The van der Waals surface area contributed by atoms with Gasteiger partial charge in [0.15, 0.2) is 5.78 Å². The molecule has 0 spiro atoms. The molecule has 2 atom stereocenters. The number of carbonyl (C=O) groups is 1. The van der Waals surface area contributed by atoms with Crippen LogP contribution in [0.5, 0.6) is 0 Å². The average Bonchev–Trinajstić information content (AvgIpc) is 2.42. The van der Waals surface area contributed by atoms with Crippen LogP contribution in [-0.4, -0.2) is 31.0 Å². The molecule has 0 aromatic heterocycles. The maximum absolute atomic E-state index is 11.8. The van der Waals surface area contributed by atoms with E-state index >= 15 is 0 Å². The van der Waals surface area contributed by atoms with Crippen LogP contribution in [0.4, 0.5) is 5.69 Å². The molecule has 1 fully saturated rings. The van der Waals surface area contributed by atoms with E-state index in [0.717, 1.165) is 25.1 Å². The van der Waals surface area contributed by atoms with E-state index in [1.54, 1.807) is 0 Å². The van der Waals surface area contributed by atoms with Gasteiger partial charge in [0.05, 0.1) is 0 Å². The number of nitrogens with zero attached hydrogens (tertiary/aromatic N) is 1. The summed E-state index contributed by atoms with van der Waals surface area (Å²) in [6, 6.07) is 9.10. The molecule has 3 heteroatoms. The number of hydrogen-bond acceptors (Lipinski definition) is 3. The molecular weight excluding hydrogens is 236 g/mol. The fraction of sp³-hybridized carbons (Fsp3) is 0.562. The quantitative estimate of drug-likeness (QED) is 0.845. The smallest absolute Gasteiger partial charge is 0.162 e. The van der Waals surface area contributed by atoms with Crippen molar-refractivity contribution in [2.75, 3.05) is 18.0 Å². The first kappa shape index (κ1) is 14.1. The van der Waals surface area contributed by atoms with E-state index in [1.807, 2.05) is 19.1 Å². The van der Waals surface area contributed by atoms with Gasteiger partial charge in [-0.1, -0.05) is 6.92 Å². The highest BCUT2D eigenvalue weighted by atomic mass is 16.1. The van der Waals surface area contributed by atoms with Crippen molar-refractivity contribution in [1.29, 1.82) is 0 Å². The third-order valence-electron chi connectivity index (χ3n) is 3.76. The molecule has 0 amide bonds. The van der Waals surface area contributed by atoms with Crippen LogP contribution in [0, 0.1) is 0 Å². The van der Waals surface area contributed by atoms with Gasteiger partial charge in [0.1, 0.15) is 0 Å². The molecule has 1 aromatic carbocycles. The number of ketones is 1. The van der Waals surface area contributed by atoms with Gasteiger partial charge in [0, 0.05) is 42.8 Å². The second-order valence-electron chi connectivity index (χ2n) is 5.53. The Labute approximate surface area is 116 Å². The zero-order valence-corrected chi connectivity index (χ0v) is 12.1. The van der Waals surface area contributed by atoms with Gasteiger partial charge in [-0.15, -0.1) is 0 Å². The molecule has 0 saturated carbocycles. The maximum atomic E-state index is 11.8. The SMILES string of the molecule is CCCC(=O)c1ccc(N2CC(C)NCC2C)cc1. The van der Waals surface area contributed by atoms with Gasteiger partial charge in [-0.2, -0.15) is 0 Å². The van der Waals surface area contributed by atoms with Crippen molar-refractivity contribution >= 4 is 11.5 Å². The molecule has 104 valence electrons. The summed E-state index contributed by atoms with van der Waals surface area (Å²) >= 11 is 0. The molecule has 0 aliphatic carbocycles. The van der Waals surface area contributed by atoms with Crippen molar-refractivity contribution in [1.82, 2.24) is 5.32 Å². The van der Waals surface area contributed by atoms with Crippen LogP contribution in [0.1, 0.15) is 44.0 Å². The highest BCUT2D eigenvalue weighted by Gasteiger charge is 2.22. The van der Waals surface area contributed by atoms with Crippen molar-refractivity contribution in [3.63, 3.8) is 0 Å². The van der Waals surface area contributed by atoms with E-state index in [4.69, 9.17) is 0 Å². The zero-order chi connectivity index (χ0) is 13.8. The molecule has 3 nitrogen and oxygen atoms in total. The maximum Gasteiger partial charge on any atom is 0.162 e. The Morgan fingerprint density at radius 3 is 2.63 bits per heavy atom. The van der Waals surface area contributed by atoms with Crippen LogP contribution in [-0.2, 0) is 0 Å². The predicted molar refractivity (Wildman–Crippen MR) is 80.0 cm³/mol. The van der Waals surface area contributed by atoms with Gasteiger partial charge in [-0.3, -0.25) is 4.79 Å². The summed E-state index contributed by atoms with van der Waals surface area (Å²) in [6.07, 6.45) is 1.55. The van der Waals surface area contributed by atoms with Gasteiger partial charge in [0.25, 0.3) is 0 Å². The lowest BCUT2D eigenvalue weighted by atomic mass is 10.0. The first-order valence-corrected chi connectivity index (χ1v) is 7.25. The molecular formula is C16H24N2O. The standard InChI is InChI=1S/C16H24N2O/c1-4-5-16(19)14-6-8-15(9-7-14)18-11-12(2)17-10-13(18)3/h6-9,12-13,17H,4-5,10-11H2,1-3H3. The summed E-state index contributed by atoms with van der Waals surface area (Å²) in [4.78, 5) is 14.2. The van der Waals surface area contributed by atoms with Gasteiger partial charge in [-0.05, 0) is 44.5 Å². The Bertz CT molecular complexity index is 427. The average molecular weight is 260 g/mol. The van der Waals surface area contributed by atoms with Crippen molar-refractivity contribution in [3.05, 3.63) is 29.8 Å². The third-order valence-corrected chi connectivity index (χ3v) is 3.76. The van der Waals surface area contributed by atoms with Gasteiger partial charge < -0.3 is 10.2 Å². The number of piperazine rings is 1. The van der Waals surface area contributed by atoms with Crippen LogP contribution in [0.25, 0.3) is 0 Å². The second-order valence-corrected chi connectivity index (χ2v) is 5.53. The number of benzene rings is 1. The summed E-state index contributed by atoms with van der Waals surface area (Å²) < 4.78 is 0. The second kappa shape index (κ2) is 6.20. The van der Waals surface area contributed by atoms with Crippen molar-refractivity contribution < 1.29 is 4.79 Å². The molecule has 1 saturated heterocycles. The van der Waals surface area contributed by atoms with E-state index in [9.17, 15) is 4.79 Å². The summed E-state index contributed by atoms with van der Waals surface area (Å²) in [7, 11) is 0. The normalized spacial score (nSPS) is 23.4. The van der Waals surface area contributed by atoms with E-state index in [-0.39, 0.29) is 5.78 Å². The molecule has 1 aliphatic heterocycles. The number of anilines is 1. The minimum Gasteiger partial charge on any atom is -0.366 e. The Morgan fingerprint density at radius 2 is 2.00 bits per heavy atom. The van der Waals surface area contributed by atoms with E-state index in [1.165, 1.54) is 5.69 Å². The molecule has 1 aromatic rings. The zero-order valence-electron chi connectivity index (χ0n) is 12.1. The molecule has 1 heterocycles. The van der Waals surface area contributed by atoms with E-state index in [2.05, 4.69) is 36.2 Å². The molecule has 2 unspecified atom stereocenters. The van der Waals surface area contributed by atoms with Gasteiger partial charge in [0.2, 0.25) is 0 Å². The van der Waals surface area contributed by atoms with Crippen LogP contribution < -0.4 is 10.2 Å². The molecule has 0 bridgehead atoms. The topological polar surface area (TPSA) is 32.3 Å². The molecule has 2 rings (SSSR count).